The Morgan fingerprint density at radius 3 is 2.61 bits per heavy atom. The van der Waals surface area contributed by atoms with E-state index >= 15 is 0 Å². The van der Waals surface area contributed by atoms with Gasteiger partial charge in [0.15, 0.2) is 6.29 Å². The molecule has 0 aliphatic heterocycles. The van der Waals surface area contributed by atoms with E-state index in [1.54, 1.807) is 0 Å². The van der Waals surface area contributed by atoms with Gasteiger partial charge in [0.05, 0.1) is 0 Å². The number of benzene rings is 2. The van der Waals surface area contributed by atoms with E-state index in [2.05, 4.69) is 44.0 Å². The van der Waals surface area contributed by atoms with Gasteiger partial charge in [-0.15, -0.1) is 6.42 Å². The fourth-order valence-electron chi connectivity index (χ4n) is 3.14. The first kappa shape index (κ1) is 17.2. The number of carbonyl (C=O) groups is 1. The minimum absolute atomic E-state index is 0.616. The summed E-state index contributed by atoms with van der Waals surface area (Å²) in [4.78, 5) is 13.7. The van der Waals surface area contributed by atoms with Crippen LogP contribution in [0.25, 0.3) is 10.8 Å². The van der Waals surface area contributed by atoms with Gasteiger partial charge in [-0.3, -0.25) is 4.79 Å². The van der Waals surface area contributed by atoms with E-state index in [1.165, 1.54) is 18.4 Å². The molecule has 0 bridgehead atoms. The molecule has 120 valence electrons. The summed E-state index contributed by atoms with van der Waals surface area (Å²) >= 11 is 0. The highest BCUT2D eigenvalue weighted by atomic mass is 16.1. The highest BCUT2D eigenvalue weighted by molar-refractivity contribution is 6.00. The highest BCUT2D eigenvalue weighted by Crippen LogP contribution is 2.23. The largest absolute Gasteiger partial charge is 0.306 e. The molecule has 0 radical (unpaired) electrons. The topological polar surface area (TPSA) is 20.3 Å². The summed E-state index contributed by atoms with van der Waals surface area (Å²) in [6, 6.07) is 10.8. The zero-order chi connectivity index (χ0) is 16.8. The summed E-state index contributed by atoms with van der Waals surface area (Å²) in [6.45, 7) is 2.23. The first-order chi connectivity index (χ1) is 11.1. The second-order valence-electron chi connectivity index (χ2n) is 6.29. The van der Waals surface area contributed by atoms with Gasteiger partial charge in [-0.2, -0.15) is 0 Å². The van der Waals surface area contributed by atoms with Crippen molar-refractivity contribution in [3.05, 3.63) is 47.0 Å². The van der Waals surface area contributed by atoms with Crippen LogP contribution in [-0.4, -0.2) is 31.3 Å². The Balaban J connectivity index is 2.24. The molecular formula is C21H25NO. The van der Waals surface area contributed by atoms with Gasteiger partial charge in [0, 0.05) is 17.2 Å². The zero-order valence-corrected chi connectivity index (χ0v) is 14.3. The van der Waals surface area contributed by atoms with Gasteiger partial charge in [0.1, 0.15) is 0 Å². The van der Waals surface area contributed by atoms with Crippen LogP contribution in [0.1, 0.15) is 47.7 Å². The highest BCUT2D eigenvalue weighted by Gasteiger charge is 2.11. The summed E-state index contributed by atoms with van der Waals surface area (Å²) in [5.41, 5.74) is 2.59. The molecule has 2 heteroatoms. The molecule has 0 fully saturated rings. The number of nitrogens with zero attached hydrogens (tertiary/aromatic N) is 1. The van der Waals surface area contributed by atoms with E-state index in [4.69, 9.17) is 6.42 Å². The van der Waals surface area contributed by atoms with E-state index in [0.717, 1.165) is 29.9 Å². The molecule has 0 amide bonds. The standard InChI is InChI=1S/C21H25NO/c1-5-7-19(22(3)4)12-8-16-9-13-20-18(14-16)11-10-17(6-2)21(20)15-23/h2,9-11,13-15,19H,5,7-8,12H2,1,3-4H3. The molecule has 1 atom stereocenters. The van der Waals surface area contributed by atoms with Gasteiger partial charge in [-0.25, -0.2) is 0 Å². The van der Waals surface area contributed by atoms with Crippen LogP contribution in [0, 0.1) is 12.3 Å². The fraction of sp³-hybridized carbons (Fsp3) is 0.381. The van der Waals surface area contributed by atoms with Crippen LogP contribution in [0.15, 0.2) is 30.3 Å². The van der Waals surface area contributed by atoms with Crippen molar-refractivity contribution in [1.82, 2.24) is 4.90 Å². The van der Waals surface area contributed by atoms with E-state index in [1.807, 2.05) is 18.2 Å². The third kappa shape index (κ3) is 4.00. The first-order valence-corrected chi connectivity index (χ1v) is 8.24. The molecule has 23 heavy (non-hydrogen) atoms. The summed E-state index contributed by atoms with van der Waals surface area (Å²) < 4.78 is 0. The van der Waals surface area contributed by atoms with Crippen LogP contribution >= 0.6 is 0 Å². The Labute approximate surface area is 139 Å². The van der Waals surface area contributed by atoms with Gasteiger partial charge in [-0.05, 0) is 55.8 Å². The van der Waals surface area contributed by atoms with Crippen LogP contribution in [0.3, 0.4) is 0 Å². The normalized spacial score (nSPS) is 12.3. The monoisotopic (exact) mass is 307 g/mol. The number of terminal acetylenes is 1. The maximum Gasteiger partial charge on any atom is 0.151 e. The maximum absolute atomic E-state index is 11.3. The van der Waals surface area contributed by atoms with Gasteiger partial charge < -0.3 is 4.90 Å². The van der Waals surface area contributed by atoms with Crippen molar-refractivity contribution in [2.24, 2.45) is 0 Å². The van der Waals surface area contributed by atoms with E-state index in [-0.39, 0.29) is 0 Å². The molecular weight excluding hydrogens is 282 g/mol. The molecule has 0 aliphatic carbocycles. The third-order valence-corrected chi connectivity index (χ3v) is 4.52. The number of carbonyl (C=O) groups excluding carboxylic acids is 1. The third-order valence-electron chi connectivity index (χ3n) is 4.52. The zero-order valence-electron chi connectivity index (χ0n) is 14.3. The van der Waals surface area contributed by atoms with Crippen molar-refractivity contribution < 1.29 is 4.79 Å². The van der Waals surface area contributed by atoms with Crippen molar-refractivity contribution >= 4 is 17.1 Å². The smallest absolute Gasteiger partial charge is 0.151 e. The number of fused-ring (bicyclic) bond motifs is 1. The Hall–Kier alpha value is -2.11. The number of hydrogen-bond acceptors (Lipinski definition) is 2. The van der Waals surface area contributed by atoms with Crippen LogP contribution in [-0.2, 0) is 6.42 Å². The molecule has 0 aromatic heterocycles. The lowest BCUT2D eigenvalue weighted by molar-refractivity contribution is 0.112. The molecule has 0 N–H and O–H groups in total. The van der Waals surface area contributed by atoms with E-state index in [9.17, 15) is 4.79 Å². The van der Waals surface area contributed by atoms with Crippen molar-refractivity contribution in [3.8, 4) is 12.3 Å². The maximum atomic E-state index is 11.3. The molecule has 2 nitrogen and oxygen atoms in total. The number of aldehydes is 1. The lowest BCUT2D eigenvalue weighted by Gasteiger charge is -2.23. The summed E-state index contributed by atoms with van der Waals surface area (Å²) in [5, 5.41) is 2.03. The average Bonchev–Trinajstić information content (AvgIpc) is 2.56. The van der Waals surface area contributed by atoms with Crippen LogP contribution in [0.2, 0.25) is 0 Å². The molecule has 0 saturated heterocycles. The number of aryl methyl sites for hydroxylation is 1. The molecule has 2 rings (SSSR count). The predicted molar refractivity (Wildman–Crippen MR) is 98.0 cm³/mol. The van der Waals surface area contributed by atoms with Crippen LogP contribution < -0.4 is 0 Å². The molecule has 2 aromatic rings. The number of rotatable bonds is 7. The summed E-state index contributed by atoms with van der Waals surface area (Å²) in [7, 11) is 4.30. The number of hydrogen-bond donors (Lipinski definition) is 0. The predicted octanol–water partition coefficient (Wildman–Crippen LogP) is 4.30. The molecule has 0 spiro atoms. The lowest BCUT2D eigenvalue weighted by Crippen LogP contribution is -2.28. The Morgan fingerprint density at radius 1 is 1.22 bits per heavy atom. The minimum atomic E-state index is 0.616. The summed E-state index contributed by atoms with van der Waals surface area (Å²) in [6.07, 6.45) is 11.0. The minimum Gasteiger partial charge on any atom is -0.306 e. The van der Waals surface area contributed by atoms with Crippen LogP contribution in [0.5, 0.6) is 0 Å². The molecule has 0 heterocycles. The Kier molecular flexibility index (Phi) is 5.96. The Bertz CT molecular complexity index is 724. The van der Waals surface area contributed by atoms with E-state index in [0.29, 0.717) is 17.2 Å². The van der Waals surface area contributed by atoms with Gasteiger partial charge in [-0.1, -0.05) is 43.5 Å². The van der Waals surface area contributed by atoms with Crippen molar-refractivity contribution in [1.29, 1.82) is 0 Å². The molecule has 0 aliphatic rings. The molecule has 0 saturated carbocycles. The van der Waals surface area contributed by atoms with E-state index < -0.39 is 0 Å². The Morgan fingerprint density at radius 2 is 2.00 bits per heavy atom. The van der Waals surface area contributed by atoms with Gasteiger partial charge >= 0.3 is 0 Å². The average molecular weight is 307 g/mol. The molecule has 2 aromatic carbocycles. The van der Waals surface area contributed by atoms with Crippen molar-refractivity contribution in [3.63, 3.8) is 0 Å². The second-order valence-corrected chi connectivity index (χ2v) is 6.29. The first-order valence-electron chi connectivity index (χ1n) is 8.24. The second kappa shape index (κ2) is 7.94. The quantitative estimate of drug-likeness (QED) is 0.561. The fourth-order valence-corrected chi connectivity index (χ4v) is 3.14. The van der Waals surface area contributed by atoms with Crippen LogP contribution in [0.4, 0.5) is 0 Å². The summed E-state index contributed by atoms with van der Waals surface area (Å²) in [5.74, 6) is 2.58. The SMILES string of the molecule is C#Cc1ccc2cc(CCC(CCC)N(C)C)ccc2c1C=O. The molecule has 1 unspecified atom stereocenters. The lowest BCUT2D eigenvalue weighted by atomic mass is 9.95. The van der Waals surface area contributed by atoms with Gasteiger partial charge in [0.25, 0.3) is 0 Å². The van der Waals surface area contributed by atoms with Crippen molar-refractivity contribution in [2.75, 3.05) is 14.1 Å². The van der Waals surface area contributed by atoms with Crippen molar-refractivity contribution in [2.45, 2.75) is 38.6 Å². The van der Waals surface area contributed by atoms with Gasteiger partial charge in [0.2, 0.25) is 0 Å².